The molecule has 2 N–H and O–H groups in total. The maximum atomic E-state index is 8.89. The van der Waals surface area contributed by atoms with Crippen LogP contribution in [0.2, 0.25) is 0 Å². The summed E-state index contributed by atoms with van der Waals surface area (Å²) >= 11 is 0. The Morgan fingerprint density at radius 3 is 2.57 bits per heavy atom. The van der Waals surface area contributed by atoms with Crippen molar-refractivity contribution in [2.24, 2.45) is 11.3 Å². The number of nitrogens with one attached hydrogen (secondary N) is 1. The van der Waals surface area contributed by atoms with Gasteiger partial charge in [-0.25, -0.2) is 0 Å². The fourth-order valence-electron chi connectivity index (χ4n) is 1.92. The van der Waals surface area contributed by atoms with E-state index in [0.717, 1.165) is 25.4 Å². The Morgan fingerprint density at radius 2 is 2.07 bits per heavy atom. The zero-order valence-corrected chi connectivity index (χ0v) is 9.68. The minimum absolute atomic E-state index is 0.355. The zero-order chi connectivity index (χ0) is 10.4. The maximum Gasteiger partial charge on any atom is 0.0436 e. The van der Waals surface area contributed by atoms with Gasteiger partial charge in [0.05, 0.1) is 0 Å². The Balaban J connectivity index is 1.93. The Kier molecular flexibility index (Phi) is 4.90. The van der Waals surface area contributed by atoms with Crippen LogP contribution >= 0.6 is 0 Å². The summed E-state index contributed by atoms with van der Waals surface area (Å²) in [6.45, 7) is 7.16. The molecule has 1 rings (SSSR count). The molecule has 1 fully saturated rings. The number of hydrogen-bond acceptors (Lipinski definition) is 2. The minimum atomic E-state index is 0.355. The van der Waals surface area contributed by atoms with E-state index in [1.807, 2.05) is 0 Å². The number of hydrogen-bond donors (Lipinski definition) is 2. The monoisotopic (exact) mass is 199 g/mol. The standard InChI is InChI=1S/C12H25NO/c1-11(2)4-3-8-13-10-12(5-6-12)7-9-14/h11,13-14H,3-10H2,1-2H3. The first kappa shape index (κ1) is 12.0. The Bertz CT molecular complexity index is 152. The zero-order valence-electron chi connectivity index (χ0n) is 9.68. The van der Waals surface area contributed by atoms with Crippen molar-refractivity contribution in [2.75, 3.05) is 19.7 Å². The second-order valence-corrected chi connectivity index (χ2v) is 5.19. The third kappa shape index (κ3) is 4.43. The van der Waals surface area contributed by atoms with E-state index in [4.69, 9.17) is 5.11 Å². The van der Waals surface area contributed by atoms with Crippen molar-refractivity contribution >= 4 is 0 Å². The third-order valence-electron chi connectivity index (χ3n) is 3.23. The van der Waals surface area contributed by atoms with Crippen molar-refractivity contribution in [3.8, 4) is 0 Å². The lowest BCUT2D eigenvalue weighted by molar-refractivity contribution is 0.245. The second kappa shape index (κ2) is 5.72. The normalized spacial score (nSPS) is 18.9. The molecule has 0 saturated heterocycles. The van der Waals surface area contributed by atoms with Crippen LogP contribution in [-0.4, -0.2) is 24.8 Å². The van der Waals surface area contributed by atoms with Gasteiger partial charge in [-0.3, -0.25) is 0 Å². The summed E-state index contributed by atoms with van der Waals surface area (Å²) in [5, 5.41) is 12.4. The van der Waals surface area contributed by atoms with Crippen LogP contribution in [0.1, 0.15) is 46.0 Å². The molecule has 0 aromatic rings. The van der Waals surface area contributed by atoms with Crippen LogP contribution in [0.25, 0.3) is 0 Å². The summed E-state index contributed by atoms with van der Waals surface area (Å²) in [4.78, 5) is 0. The quantitative estimate of drug-likeness (QED) is 0.587. The van der Waals surface area contributed by atoms with Crippen LogP contribution in [0.5, 0.6) is 0 Å². The fourth-order valence-corrected chi connectivity index (χ4v) is 1.92. The molecule has 0 bridgehead atoms. The molecule has 1 aliphatic carbocycles. The highest BCUT2D eigenvalue weighted by atomic mass is 16.3. The van der Waals surface area contributed by atoms with E-state index in [9.17, 15) is 0 Å². The molecular weight excluding hydrogens is 174 g/mol. The number of aliphatic hydroxyl groups is 1. The highest BCUT2D eigenvalue weighted by Gasteiger charge is 2.40. The smallest absolute Gasteiger partial charge is 0.0436 e. The largest absolute Gasteiger partial charge is 0.396 e. The van der Waals surface area contributed by atoms with E-state index in [1.165, 1.54) is 25.7 Å². The number of rotatable bonds is 8. The summed E-state index contributed by atoms with van der Waals surface area (Å²) in [5.41, 5.74) is 0.479. The van der Waals surface area contributed by atoms with Crippen LogP contribution in [0, 0.1) is 11.3 Å². The van der Waals surface area contributed by atoms with E-state index in [0.29, 0.717) is 12.0 Å². The van der Waals surface area contributed by atoms with Gasteiger partial charge >= 0.3 is 0 Å². The van der Waals surface area contributed by atoms with Gasteiger partial charge in [-0.2, -0.15) is 0 Å². The summed E-state index contributed by atoms with van der Waals surface area (Å²) < 4.78 is 0. The van der Waals surface area contributed by atoms with Crippen LogP contribution in [0.4, 0.5) is 0 Å². The molecule has 0 atom stereocenters. The van der Waals surface area contributed by atoms with Crippen molar-refractivity contribution in [1.29, 1.82) is 0 Å². The maximum absolute atomic E-state index is 8.89. The van der Waals surface area contributed by atoms with Crippen LogP contribution in [-0.2, 0) is 0 Å². The Morgan fingerprint density at radius 1 is 1.36 bits per heavy atom. The summed E-state index contributed by atoms with van der Waals surface area (Å²) in [6.07, 6.45) is 6.21. The fraction of sp³-hybridized carbons (Fsp3) is 1.00. The van der Waals surface area contributed by atoms with Gasteiger partial charge in [0.2, 0.25) is 0 Å². The molecule has 0 spiro atoms. The van der Waals surface area contributed by atoms with Gasteiger partial charge in [0.25, 0.3) is 0 Å². The molecule has 84 valence electrons. The Hall–Kier alpha value is -0.0800. The van der Waals surface area contributed by atoms with Gasteiger partial charge in [0, 0.05) is 13.2 Å². The van der Waals surface area contributed by atoms with Gasteiger partial charge in [-0.15, -0.1) is 0 Å². The van der Waals surface area contributed by atoms with E-state index in [-0.39, 0.29) is 0 Å². The van der Waals surface area contributed by atoms with Crippen molar-refractivity contribution < 1.29 is 5.11 Å². The molecule has 2 nitrogen and oxygen atoms in total. The predicted octanol–water partition coefficient (Wildman–Crippen LogP) is 2.17. The SMILES string of the molecule is CC(C)CCCNCC1(CCO)CC1. The van der Waals surface area contributed by atoms with Crippen LogP contribution in [0.15, 0.2) is 0 Å². The molecule has 1 aliphatic rings. The van der Waals surface area contributed by atoms with E-state index in [1.54, 1.807) is 0 Å². The van der Waals surface area contributed by atoms with Crippen molar-refractivity contribution in [3.63, 3.8) is 0 Å². The molecule has 0 unspecified atom stereocenters. The molecule has 0 amide bonds. The third-order valence-corrected chi connectivity index (χ3v) is 3.23. The second-order valence-electron chi connectivity index (χ2n) is 5.19. The topological polar surface area (TPSA) is 32.3 Å². The average Bonchev–Trinajstić information content (AvgIpc) is 2.85. The molecule has 0 heterocycles. The lowest BCUT2D eigenvalue weighted by Gasteiger charge is -2.14. The van der Waals surface area contributed by atoms with Crippen LogP contribution in [0.3, 0.4) is 0 Å². The first-order valence-electron chi connectivity index (χ1n) is 6.00. The molecule has 0 aliphatic heterocycles. The van der Waals surface area contributed by atoms with E-state index < -0.39 is 0 Å². The molecule has 0 radical (unpaired) electrons. The van der Waals surface area contributed by atoms with Gasteiger partial charge in [0.1, 0.15) is 0 Å². The summed E-state index contributed by atoms with van der Waals surface area (Å²) in [7, 11) is 0. The molecule has 14 heavy (non-hydrogen) atoms. The van der Waals surface area contributed by atoms with E-state index >= 15 is 0 Å². The van der Waals surface area contributed by atoms with Crippen molar-refractivity contribution in [1.82, 2.24) is 5.32 Å². The summed E-state index contributed by atoms with van der Waals surface area (Å²) in [5.74, 6) is 0.823. The lowest BCUT2D eigenvalue weighted by Crippen LogP contribution is -2.25. The van der Waals surface area contributed by atoms with Gasteiger partial charge in [0.15, 0.2) is 0 Å². The molecule has 2 heteroatoms. The highest BCUT2D eigenvalue weighted by Crippen LogP contribution is 2.47. The van der Waals surface area contributed by atoms with Gasteiger partial charge < -0.3 is 10.4 Å². The summed E-state index contributed by atoms with van der Waals surface area (Å²) in [6, 6.07) is 0. The number of aliphatic hydroxyl groups excluding tert-OH is 1. The van der Waals surface area contributed by atoms with E-state index in [2.05, 4.69) is 19.2 Å². The first-order valence-corrected chi connectivity index (χ1v) is 6.00. The van der Waals surface area contributed by atoms with Crippen molar-refractivity contribution in [3.05, 3.63) is 0 Å². The highest BCUT2D eigenvalue weighted by molar-refractivity contribution is 4.94. The molecule has 1 saturated carbocycles. The van der Waals surface area contributed by atoms with Gasteiger partial charge in [-0.05, 0) is 50.0 Å². The van der Waals surface area contributed by atoms with Crippen LogP contribution < -0.4 is 5.32 Å². The Labute approximate surface area is 88.1 Å². The molecular formula is C12H25NO. The van der Waals surface area contributed by atoms with Gasteiger partial charge in [-0.1, -0.05) is 13.8 Å². The predicted molar refractivity (Wildman–Crippen MR) is 60.3 cm³/mol. The van der Waals surface area contributed by atoms with Crippen molar-refractivity contribution in [2.45, 2.75) is 46.0 Å². The average molecular weight is 199 g/mol. The molecule has 0 aromatic heterocycles. The lowest BCUT2D eigenvalue weighted by atomic mass is 10.0. The first-order chi connectivity index (χ1) is 6.68. The minimum Gasteiger partial charge on any atom is -0.396 e. The molecule has 0 aromatic carbocycles.